The molecule has 1 aliphatic rings. The number of ketones is 1. The average molecular weight is 278 g/mol. The Morgan fingerprint density at radius 2 is 1.95 bits per heavy atom. The summed E-state index contributed by atoms with van der Waals surface area (Å²) in [5.41, 5.74) is 1.01. The molecule has 0 radical (unpaired) electrons. The van der Waals surface area contributed by atoms with Crippen molar-refractivity contribution in [3.8, 4) is 0 Å². The molecule has 0 amide bonds. The first kappa shape index (κ1) is 12.5. The quantitative estimate of drug-likeness (QED) is 0.755. The van der Waals surface area contributed by atoms with E-state index in [-0.39, 0.29) is 5.56 Å². The van der Waals surface area contributed by atoms with Crippen molar-refractivity contribution >= 4 is 17.1 Å². The van der Waals surface area contributed by atoms with Crippen molar-refractivity contribution in [2.45, 2.75) is 25.7 Å². The van der Waals surface area contributed by atoms with Gasteiger partial charge >= 0.3 is 0 Å². The van der Waals surface area contributed by atoms with Crippen molar-refractivity contribution in [1.29, 1.82) is 0 Å². The molecule has 1 nitrogen and oxygen atoms in total. The zero-order valence-corrected chi connectivity index (χ0v) is 11.0. The lowest BCUT2D eigenvalue weighted by atomic mass is 9.98. The maximum Gasteiger partial charge on any atom is 0.206 e. The average Bonchev–Trinajstić information content (AvgIpc) is 2.85. The first-order valence-electron chi connectivity index (χ1n) is 6.27. The molecule has 0 unspecified atom stereocenters. The number of fused-ring (bicyclic) bond motifs is 1. The maximum atomic E-state index is 13.6. The fourth-order valence-corrected chi connectivity index (χ4v) is 3.62. The zero-order chi connectivity index (χ0) is 13.4. The molecule has 19 heavy (non-hydrogen) atoms. The summed E-state index contributed by atoms with van der Waals surface area (Å²) in [7, 11) is 0. The number of halogens is 2. The summed E-state index contributed by atoms with van der Waals surface area (Å²) in [4.78, 5) is 14.0. The molecule has 1 aromatic heterocycles. The van der Waals surface area contributed by atoms with Crippen LogP contribution in [0.4, 0.5) is 8.78 Å². The molecule has 0 aliphatic heterocycles. The second-order valence-corrected chi connectivity index (χ2v) is 5.83. The van der Waals surface area contributed by atoms with Gasteiger partial charge in [-0.3, -0.25) is 4.79 Å². The van der Waals surface area contributed by atoms with Gasteiger partial charge in [0.2, 0.25) is 5.78 Å². The predicted molar refractivity (Wildman–Crippen MR) is 70.8 cm³/mol. The van der Waals surface area contributed by atoms with E-state index in [1.54, 1.807) is 0 Å². The Labute approximate surface area is 113 Å². The molecule has 0 spiro atoms. The summed E-state index contributed by atoms with van der Waals surface area (Å²) < 4.78 is 26.8. The number of hydrogen-bond acceptors (Lipinski definition) is 2. The van der Waals surface area contributed by atoms with Crippen LogP contribution in [0.3, 0.4) is 0 Å². The zero-order valence-electron chi connectivity index (χ0n) is 10.2. The Bertz CT molecular complexity index is 622. The molecule has 0 saturated heterocycles. The highest BCUT2D eigenvalue weighted by Gasteiger charge is 2.21. The van der Waals surface area contributed by atoms with E-state index in [9.17, 15) is 13.6 Å². The molecular weight excluding hydrogens is 266 g/mol. The highest BCUT2D eigenvalue weighted by atomic mass is 32.1. The molecule has 0 bridgehead atoms. The normalized spacial score (nSPS) is 14.2. The van der Waals surface area contributed by atoms with Crippen LogP contribution in [0.5, 0.6) is 0 Å². The van der Waals surface area contributed by atoms with Crippen molar-refractivity contribution < 1.29 is 13.6 Å². The van der Waals surface area contributed by atoms with Crippen molar-refractivity contribution in [3.05, 3.63) is 56.8 Å². The SMILES string of the molecule is O=C(c1cc2c(s1)CCCC2)c1cccc(F)c1F. The van der Waals surface area contributed by atoms with Gasteiger partial charge in [-0.25, -0.2) is 8.78 Å². The number of carbonyl (C=O) groups is 1. The van der Waals surface area contributed by atoms with Gasteiger partial charge in [-0.15, -0.1) is 11.3 Å². The van der Waals surface area contributed by atoms with Gasteiger partial charge < -0.3 is 0 Å². The Morgan fingerprint density at radius 3 is 2.74 bits per heavy atom. The largest absolute Gasteiger partial charge is 0.288 e. The Morgan fingerprint density at radius 1 is 1.16 bits per heavy atom. The van der Waals surface area contributed by atoms with E-state index in [0.29, 0.717) is 4.88 Å². The topological polar surface area (TPSA) is 17.1 Å². The van der Waals surface area contributed by atoms with Gasteiger partial charge in [0, 0.05) is 4.88 Å². The molecule has 0 saturated carbocycles. The van der Waals surface area contributed by atoms with Gasteiger partial charge in [-0.2, -0.15) is 0 Å². The van der Waals surface area contributed by atoms with Crippen molar-refractivity contribution in [2.75, 3.05) is 0 Å². The Hall–Kier alpha value is -1.55. The number of aryl methyl sites for hydroxylation is 2. The third kappa shape index (κ3) is 2.21. The first-order chi connectivity index (χ1) is 9.16. The van der Waals surface area contributed by atoms with E-state index in [0.717, 1.165) is 31.7 Å². The second-order valence-electron chi connectivity index (χ2n) is 4.70. The molecule has 2 aromatic rings. The number of benzene rings is 1. The van der Waals surface area contributed by atoms with Gasteiger partial charge in [0.1, 0.15) is 0 Å². The standard InChI is InChI=1S/C15H12F2OS/c16-11-6-3-5-10(14(11)17)15(18)13-8-9-4-1-2-7-12(9)19-13/h3,5-6,8H,1-2,4,7H2. The molecule has 1 heterocycles. The lowest BCUT2D eigenvalue weighted by Crippen LogP contribution is -2.03. The van der Waals surface area contributed by atoms with E-state index in [4.69, 9.17) is 0 Å². The Balaban J connectivity index is 2.00. The number of hydrogen-bond donors (Lipinski definition) is 0. The maximum absolute atomic E-state index is 13.6. The predicted octanol–water partition coefficient (Wildman–Crippen LogP) is 4.14. The van der Waals surface area contributed by atoms with Gasteiger partial charge in [0.15, 0.2) is 11.6 Å². The van der Waals surface area contributed by atoms with Crippen LogP contribution < -0.4 is 0 Å². The van der Waals surface area contributed by atoms with Crippen LogP contribution in [0.15, 0.2) is 24.3 Å². The molecule has 0 N–H and O–H groups in total. The monoisotopic (exact) mass is 278 g/mol. The Kier molecular flexibility index (Phi) is 3.19. The van der Waals surface area contributed by atoms with E-state index >= 15 is 0 Å². The highest BCUT2D eigenvalue weighted by molar-refractivity contribution is 7.14. The molecule has 1 aliphatic carbocycles. The number of thiophene rings is 1. The molecule has 4 heteroatoms. The summed E-state index contributed by atoms with van der Waals surface area (Å²) in [6.45, 7) is 0. The van der Waals surface area contributed by atoms with Crippen LogP contribution in [-0.2, 0) is 12.8 Å². The van der Waals surface area contributed by atoms with Crippen LogP contribution in [0, 0.1) is 11.6 Å². The van der Waals surface area contributed by atoms with Crippen LogP contribution in [0.1, 0.15) is 38.5 Å². The lowest BCUT2D eigenvalue weighted by Gasteiger charge is -2.08. The van der Waals surface area contributed by atoms with Crippen LogP contribution in [0.2, 0.25) is 0 Å². The number of rotatable bonds is 2. The molecule has 3 rings (SSSR count). The smallest absolute Gasteiger partial charge is 0.206 e. The molecular formula is C15H12F2OS. The van der Waals surface area contributed by atoms with Gasteiger partial charge in [-0.05, 0) is 49.4 Å². The fraction of sp³-hybridized carbons (Fsp3) is 0.267. The summed E-state index contributed by atoms with van der Waals surface area (Å²) in [6, 6.07) is 5.55. The summed E-state index contributed by atoms with van der Waals surface area (Å²) in [5, 5.41) is 0. The highest BCUT2D eigenvalue weighted by Crippen LogP contribution is 2.31. The van der Waals surface area contributed by atoms with E-state index in [2.05, 4.69) is 0 Å². The van der Waals surface area contributed by atoms with Crippen LogP contribution >= 0.6 is 11.3 Å². The van der Waals surface area contributed by atoms with E-state index in [1.165, 1.54) is 33.9 Å². The van der Waals surface area contributed by atoms with Crippen molar-refractivity contribution in [3.63, 3.8) is 0 Å². The molecule has 98 valence electrons. The molecule has 1 aromatic carbocycles. The summed E-state index contributed by atoms with van der Waals surface area (Å²) >= 11 is 1.41. The molecule has 0 atom stereocenters. The van der Waals surface area contributed by atoms with Gasteiger partial charge in [-0.1, -0.05) is 6.07 Å². The van der Waals surface area contributed by atoms with E-state index < -0.39 is 17.4 Å². The number of carbonyl (C=O) groups excluding carboxylic acids is 1. The van der Waals surface area contributed by atoms with Crippen LogP contribution in [-0.4, -0.2) is 5.78 Å². The van der Waals surface area contributed by atoms with Gasteiger partial charge in [0.05, 0.1) is 10.4 Å². The summed E-state index contributed by atoms with van der Waals surface area (Å²) in [6.07, 6.45) is 4.23. The van der Waals surface area contributed by atoms with Gasteiger partial charge in [0.25, 0.3) is 0 Å². The first-order valence-corrected chi connectivity index (χ1v) is 7.09. The minimum Gasteiger partial charge on any atom is -0.288 e. The fourth-order valence-electron chi connectivity index (χ4n) is 2.41. The minimum absolute atomic E-state index is 0.182. The molecule has 0 fully saturated rings. The minimum atomic E-state index is -1.06. The lowest BCUT2D eigenvalue weighted by molar-refractivity contribution is 0.103. The van der Waals surface area contributed by atoms with E-state index in [1.807, 2.05) is 6.07 Å². The third-order valence-electron chi connectivity index (χ3n) is 3.42. The van der Waals surface area contributed by atoms with Crippen molar-refractivity contribution in [2.24, 2.45) is 0 Å². The van der Waals surface area contributed by atoms with Crippen molar-refractivity contribution in [1.82, 2.24) is 0 Å². The third-order valence-corrected chi connectivity index (χ3v) is 4.65. The van der Waals surface area contributed by atoms with Crippen LogP contribution in [0.25, 0.3) is 0 Å². The summed E-state index contributed by atoms with van der Waals surface area (Å²) in [5.74, 6) is -2.46. The second kappa shape index (κ2) is 4.85.